The van der Waals surface area contributed by atoms with Gasteiger partial charge in [0, 0.05) is 30.7 Å². The molecular weight excluding hydrogens is 291 g/mol. The summed E-state index contributed by atoms with van der Waals surface area (Å²) in [5.74, 6) is -0.0556. The Morgan fingerprint density at radius 2 is 1.95 bits per heavy atom. The van der Waals surface area contributed by atoms with E-state index in [4.69, 9.17) is 0 Å². The average Bonchev–Trinajstić information content (AvgIpc) is 2.48. The van der Waals surface area contributed by atoms with E-state index >= 15 is 0 Å². The molecule has 0 amide bonds. The maximum Gasteiger partial charge on any atom is 0.213 e. The van der Waals surface area contributed by atoms with Crippen molar-refractivity contribution >= 4 is 10.0 Å². The first-order valence-electron chi connectivity index (χ1n) is 7.42. The van der Waals surface area contributed by atoms with Crippen LogP contribution in [0.3, 0.4) is 0 Å². The molecule has 1 saturated heterocycles. The Kier molecular flexibility index (Phi) is 5.35. The van der Waals surface area contributed by atoms with Gasteiger partial charge in [0.2, 0.25) is 10.0 Å². The van der Waals surface area contributed by atoms with Crippen LogP contribution in [0, 0.1) is 5.82 Å². The van der Waals surface area contributed by atoms with Crippen LogP contribution in [0.15, 0.2) is 24.3 Å². The number of hydrogen-bond acceptors (Lipinski definition) is 3. The zero-order valence-corrected chi connectivity index (χ0v) is 13.4. The van der Waals surface area contributed by atoms with Gasteiger partial charge in [-0.05, 0) is 32.8 Å². The largest absolute Gasteiger partial charge is 0.307 e. The van der Waals surface area contributed by atoms with Gasteiger partial charge in [-0.3, -0.25) is 0 Å². The minimum atomic E-state index is -3.09. The Bertz CT molecular complexity index is 569. The highest BCUT2D eigenvalue weighted by Gasteiger charge is 2.27. The summed E-state index contributed by atoms with van der Waals surface area (Å²) in [5, 5.41) is 3.40. The minimum Gasteiger partial charge on any atom is -0.307 e. The van der Waals surface area contributed by atoms with Crippen molar-refractivity contribution in [3.8, 4) is 0 Å². The van der Waals surface area contributed by atoms with Gasteiger partial charge in [-0.2, -0.15) is 0 Å². The predicted molar refractivity (Wildman–Crippen MR) is 82.0 cm³/mol. The zero-order chi connectivity index (χ0) is 15.5. The maximum atomic E-state index is 13.7. The molecule has 0 saturated carbocycles. The summed E-state index contributed by atoms with van der Waals surface area (Å²) in [6.07, 6.45) is 1.52. The molecule has 1 atom stereocenters. The van der Waals surface area contributed by atoms with E-state index in [0.717, 1.165) is 12.8 Å². The van der Waals surface area contributed by atoms with Crippen molar-refractivity contribution in [2.45, 2.75) is 38.8 Å². The van der Waals surface area contributed by atoms with E-state index < -0.39 is 10.0 Å². The summed E-state index contributed by atoms with van der Waals surface area (Å²) >= 11 is 0. The van der Waals surface area contributed by atoms with Crippen LogP contribution in [0.1, 0.15) is 38.3 Å². The minimum absolute atomic E-state index is 0.0782. The first kappa shape index (κ1) is 16.4. The average molecular weight is 314 g/mol. The molecule has 1 aromatic rings. The van der Waals surface area contributed by atoms with Crippen LogP contribution < -0.4 is 5.32 Å². The SMILES string of the molecule is CCS(=O)(=O)N1CCC(NC(C)c2ccccc2F)CC1. The van der Waals surface area contributed by atoms with Gasteiger partial charge in [0.25, 0.3) is 0 Å². The molecule has 1 unspecified atom stereocenters. The van der Waals surface area contributed by atoms with Crippen LogP contribution in [-0.4, -0.2) is 37.6 Å². The molecule has 1 aliphatic rings. The Labute approximate surface area is 126 Å². The Morgan fingerprint density at radius 1 is 1.33 bits per heavy atom. The Hall–Kier alpha value is -0.980. The summed E-state index contributed by atoms with van der Waals surface area (Å²) in [6, 6.07) is 6.90. The Balaban J connectivity index is 1.91. The highest BCUT2D eigenvalue weighted by molar-refractivity contribution is 7.89. The van der Waals surface area contributed by atoms with Crippen LogP contribution in [0.5, 0.6) is 0 Å². The molecule has 2 rings (SSSR count). The molecule has 0 aliphatic carbocycles. The number of nitrogens with one attached hydrogen (secondary N) is 1. The fraction of sp³-hybridized carbons (Fsp3) is 0.600. The number of nitrogens with zero attached hydrogens (tertiary/aromatic N) is 1. The highest BCUT2D eigenvalue weighted by Crippen LogP contribution is 2.20. The maximum absolute atomic E-state index is 13.7. The van der Waals surface area contributed by atoms with Gasteiger partial charge in [-0.15, -0.1) is 0 Å². The summed E-state index contributed by atoms with van der Waals surface area (Å²) in [6.45, 7) is 4.68. The van der Waals surface area contributed by atoms with Crippen molar-refractivity contribution < 1.29 is 12.8 Å². The van der Waals surface area contributed by atoms with Crippen molar-refractivity contribution in [1.82, 2.24) is 9.62 Å². The van der Waals surface area contributed by atoms with E-state index in [1.165, 1.54) is 6.07 Å². The lowest BCUT2D eigenvalue weighted by Gasteiger charge is -2.33. The lowest BCUT2D eigenvalue weighted by Crippen LogP contribution is -2.45. The van der Waals surface area contributed by atoms with Crippen LogP contribution >= 0.6 is 0 Å². The molecule has 0 radical (unpaired) electrons. The number of halogens is 1. The van der Waals surface area contributed by atoms with Gasteiger partial charge in [0.15, 0.2) is 0 Å². The van der Waals surface area contributed by atoms with Gasteiger partial charge in [-0.25, -0.2) is 17.1 Å². The molecule has 1 N–H and O–H groups in total. The van der Waals surface area contributed by atoms with Crippen molar-refractivity contribution in [2.24, 2.45) is 0 Å². The summed E-state index contributed by atoms with van der Waals surface area (Å²) in [4.78, 5) is 0. The standard InChI is InChI=1S/C15H23FN2O2S/c1-3-21(19,20)18-10-8-13(9-11-18)17-12(2)14-6-4-5-7-15(14)16/h4-7,12-13,17H,3,8-11H2,1-2H3. The molecule has 1 heterocycles. The number of sulfonamides is 1. The Morgan fingerprint density at radius 3 is 2.52 bits per heavy atom. The van der Waals surface area contributed by atoms with Gasteiger partial charge in [0.05, 0.1) is 5.75 Å². The third-order valence-corrected chi connectivity index (χ3v) is 5.95. The summed E-state index contributed by atoms with van der Waals surface area (Å²) < 4.78 is 38.9. The van der Waals surface area contributed by atoms with E-state index in [0.29, 0.717) is 18.7 Å². The van der Waals surface area contributed by atoms with Crippen LogP contribution in [0.2, 0.25) is 0 Å². The summed E-state index contributed by atoms with van der Waals surface area (Å²) in [7, 11) is -3.09. The zero-order valence-electron chi connectivity index (χ0n) is 12.5. The predicted octanol–water partition coefficient (Wildman–Crippen LogP) is 2.29. The van der Waals surface area contributed by atoms with E-state index in [9.17, 15) is 12.8 Å². The van der Waals surface area contributed by atoms with Crippen LogP contribution in [-0.2, 0) is 10.0 Å². The molecule has 4 nitrogen and oxygen atoms in total. The molecule has 118 valence electrons. The molecule has 0 spiro atoms. The molecule has 0 bridgehead atoms. The normalized spacial score (nSPS) is 19.6. The highest BCUT2D eigenvalue weighted by atomic mass is 32.2. The molecular formula is C15H23FN2O2S. The van der Waals surface area contributed by atoms with E-state index in [-0.39, 0.29) is 23.7 Å². The van der Waals surface area contributed by atoms with Gasteiger partial charge in [0.1, 0.15) is 5.82 Å². The summed E-state index contributed by atoms with van der Waals surface area (Å²) in [5.41, 5.74) is 0.654. The first-order chi connectivity index (χ1) is 9.94. The van der Waals surface area contributed by atoms with Gasteiger partial charge in [-0.1, -0.05) is 18.2 Å². The molecule has 0 aromatic heterocycles. The molecule has 1 fully saturated rings. The molecule has 21 heavy (non-hydrogen) atoms. The topological polar surface area (TPSA) is 49.4 Å². The van der Waals surface area contributed by atoms with Gasteiger partial charge >= 0.3 is 0 Å². The van der Waals surface area contributed by atoms with Crippen LogP contribution in [0.25, 0.3) is 0 Å². The smallest absolute Gasteiger partial charge is 0.213 e. The second-order valence-electron chi connectivity index (χ2n) is 5.48. The lowest BCUT2D eigenvalue weighted by molar-refractivity contribution is 0.276. The van der Waals surface area contributed by atoms with Gasteiger partial charge < -0.3 is 5.32 Å². The quantitative estimate of drug-likeness (QED) is 0.907. The molecule has 6 heteroatoms. The number of benzene rings is 1. The lowest BCUT2D eigenvalue weighted by atomic mass is 10.0. The van der Waals surface area contributed by atoms with E-state index in [2.05, 4.69) is 5.32 Å². The number of hydrogen-bond donors (Lipinski definition) is 1. The van der Waals surface area contributed by atoms with E-state index in [1.807, 2.05) is 13.0 Å². The first-order valence-corrected chi connectivity index (χ1v) is 9.03. The van der Waals surface area contributed by atoms with E-state index in [1.54, 1.807) is 23.4 Å². The number of piperidine rings is 1. The fourth-order valence-corrected chi connectivity index (χ4v) is 3.89. The van der Waals surface area contributed by atoms with Crippen molar-refractivity contribution in [3.05, 3.63) is 35.6 Å². The third kappa shape index (κ3) is 4.02. The fourth-order valence-electron chi connectivity index (χ4n) is 2.75. The monoisotopic (exact) mass is 314 g/mol. The van der Waals surface area contributed by atoms with Crippen molar-refractivity contribution in [3.63, 3.8) is 0 Å². The number of rotatable bonds is 5. The van der Waals surface area contributed by atoms with Crippen molar-refractivity contribution in [1.29, 1.82) is 0 Å². The third-order valence-electron chi connectivity index (χ3n) is 4.07. The second kappa shape index (κ2) is 6.85. The second-order valence-corrected chi connectivity index (χ2v) is 7.74. The molecule has 1 aromatic carbocycles. The van der Waals surface area contributed by atoms with Crippen LogP contribution in [0.4, 0.5) is 4.39 Å². The van der Waals surface area contributed by atoms with Crippen molar-refractivity contribution in [2.75, 3.05) is 18.8 Å². The molecule has 1 aliphatic heterocycles.